The van der Waals surface area contributed by atoms with Gasteiger partial charge in [-0.15, -0.1) is 0 Å². The van der Waals surface area contributed by atoms with E-state index in [1.54, 1.807) is 6.07 Å². The summed E-state index contributed by atoms with van der Waals surface area (Å²) < 4.78 is 13.4. The van der Waals surface area contributed by atoms with E-state index in [0.717, 1.165) is 17.5 Å². The molecule has 66 valence electrons. The van der Waals surface area contributed by atoms with Crippen LogP contribution in [0.4, 0.5) is 4.39 Å². The summed E-state index contributed by atoms with van der Waals surface area (Å²) in [5.74, 6) is -0.274. The Bertz CT molecular complexity index is 257. The molecule has 0 amide bonds. The zero-order valence-electron chi connectivity index (χ0n) is 6.77. The van der Waals surface area contributed by atoms with Gasteiger partial charge in [0.1, 0.15) is 5.82 Å². The molecule has 0 aliphatic rings. The molecule has 0 saturated carbocycles. The molecule has 0 aliphatic heterocycles. The van der Waals surface area contributed by atoms with Crippen LogP contribution in [-0.4, -0.2) is 5.11 Å². The molecular formula is C9H10BrFO. The third-order valence-electron chi connectivity index (χ3n) is 1.79. The molecule has 3 heteroatoms. The highest BCUT2D eigenvalue weighted by Crippen LogP contribution is 2.21. The van der Waals surface area contributed by atoms with Gasteiger partial charge in [-0.1, -0.05) is 6.92 Å². The fourth-order valence-corrected chi connectivity index (χ4v) is 1.50. The van der Waals surface area contributed by atoms with Crippen molar-refractivity contribution in [2.75, 3.05) is 0 Å². The second-order valence-corrected chi connectivity index (χ2v) is 3.40. The molecule has 0 aliphatic carbocycles. The summed E-state index contributed by atoms with van der Waals surface area (Å²) in [6.07, 6.45) is 0.736. The highest BCUT2D eigenvalue weighted by Gasteiger charge is 2.05. The summed E-state index contributed by atoms with van der Waals surface area (Å²) in [6, 6.07) is 3.07. The fraction of sp³-hybridized carbons (Fsp3) is 0.333. The van der Waals surface area contributed by atoms with E-state index in [-0.39, 0.29) is 12.4 Å². The molecule has 0 saturated heterocycles. The smallest absolute Gasteiger partial charge is 0.137 e. The van der Waals surface area contributed by atoms with Gasteiger partial charge in [-0.25, -0.2) is 4.39 Å². The maximum absolute atomic E-state index is 13.0. The number of hydrogen-bond donors (Lipinski definition) is 1. The lowest BCUT2D eigenvalue weighted by atomic mass is 10.1. The Morgan fingerprint density at radius 3 is 2.58 bits per heavy atom. The van der Waals surface area contributed by atoms with Gasteiger partial charge in [-0.2, -0.15) is 0 Å². The van der Waals surface area contributed by atoms with E-state index in [1.165, 1.54) is 6.07 Å². The Morgan fingerprint density at radius 2 is 2.08 bits per heavy atom. The van der Waals surface area contributed by atoms with Crippen molar-refractivity contribution in [1.29, 1.82) is 0 Å². The predicted octanol–water partition coefficient (Wildman–Crippen LogP) is 2.64. The molecule has 1 N–H and O–H groups in total. The zero-order chi connectivity index (χ0) is 9.14. The molecule has 0 bridgehead atoms. The Balaban J connectivity index is 3.19. The van der Waals surface area contributed by atoms with Crippen molar-refractivity contribution >= 4 is 15.9 Å². The molecule has 1 nitrogen and oxygen atoms in total. The second-order valence-electron chi connectivity index (χ2n) is 2.55. The van der Waals surface area contributed by atoms with Crippen LogP contribution in [0.2, 0.25) is 0 Å². The van der Waals surface area contributed by atoms with Crippen molar-refractivity contribution in [3.63, 3.8) is 0 Å². The minimum absolute atomic E-state index is 0.0396. The van der Waals surface area contributed by atoms with Gasteiger partial charge in [0.2, 0.25) is 0 Å². The number of benzene rings is 1. The minimum atomic E-state index is -0.274. The maximum Gasteiger partial charge on any atom is 0.137 e. The quantitative estimate of drug-likeness (QED) is 0.832. The first-order valence-corrected chi connectivity index (χ1v) is 4.56. The van der Waals surface area contributed by atoms with Gasteiger partial charge < -0.3 is 5.11 Å². The molecule has 0 spiro atoms. The first-order valence-electron chi connectivity index (χ1n) is 3.76. The van der Waals surface area contributed by atoms with Crippen molar-refractivity contribution in [2.24, 2.45) is 0 Å². The molecular weight excluding hydrogens is 223 g/mol. The van der Waals surface area contributed by atoms with Crippen LogP contribution in [0.15, 0.2) is 16.6 Å². The number of aryl methyl sites for hydroxylation is 1. The Hall–Kier alpha value is -0.410. The number of rotatable bonds is 2. The van der Waals surface area contributed by atoms with Crippen LogP contribution in [-0.2, 0) is 13.0 Å². The predicted molar refractivity (Wildman–Crippen MR) is 49.4 cm³/mol. The van der Waals surface area contributed by atoms with Gasteiger partial charge in [0.05, 0.1) is 11.1 Å². The van der Waals surface area contributed by atoms with Crippen molar-refractivity contribution in [3.05, 3.63) is 33.5 Å². The van der Waals surface area contributed by atoms with E-state index >= 15 is 0 Å². The summed E-state index contributed by atoms with van der Waals surface area (Å²) in [5, 5.41) is 8.92. The van der Waals surface area contributed by atoms with Crippen molar-refractivity contribution in [2.45, 2.75) is 20.0 Å². The molecule has 1 rings (SSSR count). The lowest BCUT2D eigenvalue weighted by molar-refractivity contribution is 0.280. The van der Waals surface area contributed by atoms with Crippen molar-refractivity contribution in [1.82, 2.24) is 0 Å². The van der Waals surface area contributed by atoms with Gasteiger partial charge in [-0.3, -0.25) is 0 Å². The fourth-order valence-electron chi connectivity index (χ4n) is 1.11. The minimum Gasteiger partial charge on any atom is -0.392 e. The van der Waals surface area contributed by atoms with E-state index < -0.39 is 0 Å². The van der Waals surface area contributed by atoms with Crippen molar-refractivity contribution in [3.8, 4) is 0 Å². The van der Waals surface area contributed by atoms with Crippen LogP contribution in [0, 0.1) is 5.82 Å². The molecule has 0 fully saturated rings. The second kappa shape index (κ2) is 4.01. The normalized spacial score (nSPS) is 10.3. The summed E-state index contributed by atoms with van der Waals surface area (Å²) in [4.78, 5) is 0. The topological polar surface area (TPSA) is 20.2 Å². The standard InChI is InChI=1S/C9H10BrFO/c1-2-6-4-9(11)8(10)3-7(6)5-12/h3-4,12H,2,5H2,1H3. The van der Waals surface area contributed by atoms with Gasteiger partial charge in [0.15, 0.2) is 0 Å². The van der Waals surface area contributed by atoms with Crippen molar-refractivity contribution < 1.29 is 9.50 Å². The molecule has 0 radical (unpaired) electrons. The van der Waals surface area contributed by atoms with Crippen LogP contribution in [0.5, 0.6) is 0 Å². The van der Waals surface area contributed by atoms with Gasteiger partial charge in [0.25, 0.3) is 0 Å². The molecule has 0 heterocycles. The summed E-state index contributed by atoms with van der Waals surface area (Å²) in [6.45, 7) is 1.89. The summed E-state index contributed by atoms with van der Waals surface area (Å²) >= 11 is 3.06. The Labute approximate surface area is 79.4 Å². The number of aliphatic hydroxyl groups is 1. The highest BCUT2D eigenvalue weighted by atomic mass is 79.9. The van der Waals surface area contributed by atoms with Crippen LogP contribution >= 0.6 is 15.9 Å². The molecule has 12 heavy (non-hydrogen) atoms. The highest BCUT2D eigenvalue weighted by molar-refractivity contribution is 9.10. The van der Waals surface area contributed by atoms with Crippen LogP contribution in [0.25, 0.3) is 0 Å². The zero-order valence-corrected chi connectivity index (χ0v) is 8.36. The van der Waals surface area contributed by atoms with Gasteiger partial charge in [-0.05, 0) is 45.6 Å². The molecule has 0 atom stereocenters. The number of halogens is 2. The van der Waals surface area contributed by atoms with E-state index in [2.05, 4.69) is 15.9 Å². The Kier molecular flexibility index (Phi) is 3.23. The van der Waals surface area contributed by atoms with E-state index in [9.17, 15) is 4.39 Å². The van der Waals surface area contributed by atoms with Crippen LogP contribution in [0.1, 0.15) is 18.1 Å². The lowest BCUT2D eigenvalue weighted by Crippen LogP contribution is -1.94. The lowest BCUT2D eigenvalue weighted by Gasteiger charge is -2.05. The van der Waals surface area contributed by atoms with Crippen LogP contribution in [0.3, 0.4) is 0 Å². The van der Waals surface area contributed by atoms with Gasteiger partial charge in [0, 0.05) is 0 Å². The summed E-state index contributed by atoms with van der Waals surface area (Å²) in [7, 11) is 0. The third-order valence-corrected chi connectivity index (χ3v) is 2.40. The molecule has 0 unspecified atom stereocenters. The summed E-state index contributed by atoms with van der Waals surface area (Å²) in [5.41, 5.74) is 1.64. The monoisotopic (exact) mass is 232 g/mol. The first kappa shape index (κ1) is 9.68. The molecule has 0 aromatic heterocycles. The SMILES string of the molecule is CCc1cc(F)c(Br)cc1CO. The number of aliphatic hydroxyl groups excluding tert-OH is 1. The first-order chi connectivity index (χ1) is 5.69. The molecule has 1 aromatic carbocycles. The third kappa shape index (κ3) is 1.84. The van der Waals surface area contributed by atoms with E-state index in [4.69, 9.17) is 5.11 Å². The average molecular weight is 233 g/mol. The number of hydrogen-bond acceptors (Lipinski definition) is 1. The average Bonchev–Trinajstić information content (AvgIpc) is 2.09. The maximum atomic E-state index is 13.0. The van der Waals surface area contributed by atoms with E-state index in [0.29, 0.717) is 4.47 Å². The largest absolute Gasteiger partial charge is 0.392 e. The van der Waals surface area contributed by atoms with Gasteiger partial charge >= 0.3 is 0 Å². The van der Waals surface area contributed by atoms with Crippen LogP contribution < -0.4 is 0 Å². The molecule has 1 aromatic rings. The van der Waals surface area contributed by atoms with E-state index in [1.807, 2.05) is 6.92 Å². The Morgan fingerprint density at radius 1 is 1.42 bits per heavy atom.